The summed E-state index contributed by atoms with van der Waals surface area (Å²) in [6, 6.07) is 0. The molecule has 1 heteroatoms. The van der Waals surface area contributed by atoms with Gasteiger partial charge in [-0.25, -0.2) is 5.57 Å². The maximum Gasteiger partial charge on any atom is 0 e. The summed E-state index contributed by atoms with van der Waals surface area (Å²) in [5.74, 6) is 0. The van der Waals surface area contributed by atoms with Gasteiger partial charge in [0.25, 0.3) is 0 Å². The van der Waals surface area contributed by atoms with Gasteiger partial charge in [0.05, 0.1) is 0 Å². The Hall–Kier alpha value is -0.157. The molecule has 0 nitrogen and oxygen atoms in total. The zero-order chi connectivity index (χ0) is 7.68. The van der Waals surface area contributed by atoms with Crippen molar-refractivity contribution in [3.8, 4) is 0 Å². The van der Waals surface area contributed by atoms with E-state index in [-0.39, 0.29) is 26.2 Å². The summed E-state index contributed by atoms with van der Waals surface area (Å²) in [7, 11) is 0. The number of rotatable bonds is 1. The third-order valence-electron chi connectivity index (χ3n) is 2.19. The van der Waals surface area contributed by atoms with E-state index in [0.29, 0.717) is 0 Å². The molecule has 0 heterocycles. The van der Waals surface area contributed by atoms with E-state index in [1.165, 1.54) is 16.7 Å². The molecule has 0 fully saturated rings. The van der Waals surface area contributed by atoms with Crippen LogP contribution in [0.3, 0.4) is 0 Å². The van der Waals surface area contributed by atoms with Crippen LogP contribution in [0.4, 0.5) is 0 Å². The van der Waals surface area contributed by atoms with E-state index in [9.17, 15) is 0 Å². The summed E-state index contributed by atoms with van der Waals surface area (Å²) in [5.41, 5.74) is 4.18. The Morgan fingerprint density at radius 3 is 2.75 bits per heavy atom. The van der Waals surface area contributed by atoms with E-state index in [1.54, 1.807) is 0 Å². The summed E-state index contributed by atoms with van der Waals surface area (Å²) < 4.78 is 0. The van der Waals surface area contributed by atoms with Crippen LogP contribution in [0.2, 0.25) is 0 Å². The summed E-state index contributed by atoms with van der Waals surface area (Å²) in [5, 5.41) is 0. The minimum atomic E-state index is 0. The fourth-order valence-corrected chi connectivity index (χ4v) is 1.57. The Morgan fingerprint density at radius 2 is 2.25 bits per heavy atom. The van der Waals surface area contributed by atoms with Crippen molar-refractivity contribution in [1.82, 2.24) is 0 Å². The molecular formula is C11H11Zr-. The van der Waals surface area contributed by atoms with Gasteiger partial charge >= 0.3 is 0 Å². The summed E-state index contributed by atoms with van der Waals surface area (Å²) in [6.07, 6.45) is 14.2. The first-order valence-corrected chi connectivity index (χ1v) is 4.02. The van der Waals surface area contributed by atoms with Gasteiger partial charge in [-0.15, -0.1) is 12.0 Å². The van der Waals surface area contributed by atoms with Crippen molar-refractivity contribution in [3.63, 3.8) is 0 Å². The SMILES string of the molecule is CC1=[C-]CC=C1C1=CC=CC1.[Zr]. The minimum Gasteiger partial charge on any atom is -0.269 e. The fourth-order valence-electron chi connectivity index (χ4n) is 1.57. The van der Waals surface area contributed by atoms with Crippen LogP contribution in [0.1, 0.15) is 19.8 Å². The van der Waals surface area contributed by atoms with Gasteiger partial charge in [-0.2, -0.15) is 11.6 Å². The topological polar surface area (TPSA) is 0 Å². The van der Waals surface area contributed by atoms with Crippen molar-refractivity contribution in [2.45, 2.75) is 19.8 Å². The largest absolute Gasteiger partial charge is 0.269 e. The molecule has 0 N–H and O–H groups in total. The zero-order valence-corrected chi connectivity index (χ0v) is 9.68. The van der Waals surface area contributed by atoms with Gasteiger partial charge in [-0.05, 0) is 6.42 Å². The second-order valence-corrected chi connectivity index (χ2v) is 2.95. The second kappa shape index (κ2) is 4.19. The maximum atomic E-state index is 3.30. The minimum absolute atomic E-state index is 0. The third-order valence-corrected chi connectivity index (χ3v) is 2.19. The normalized spacial score (nSPS) is 19.9. The first-order chi connectivity index (χ1) is 5.38. The smallest absolute Gasteiger partial charge is 0 e. The molecule has 0 aliphatic heterocycles. The summed E-state index contributed by atoms with van der Waals surface area (Å²) >= 11 is 0. The molecule has 0 spiro atoms. The molecule has 0 unspecified atom stereocenters. The van der Waals surface area contributed by atoms with E-state index < -0.39 is 0 Å². The molecule has 0 radical (unpaired) electrons. The van der Waals surface area contributed by atoms with Crippen molar-refractivity contribution in [2.75, 3.05) is 0 Å². The number of allylic oxidation sites excluding steroid dienone is 8. The van der Waals surface area contributed by atoms with Crippen LogP contribution >= 0.6 is 0 Å². The van der Waals surface area contributed by atoms with Gasteiger partial charge in [0.15, 0.2) is 0 Å². The Bertz CT molecular complexity index is 290. The summed E-state index contributed by atoms with van der Waals surface area (Å²) in [4.78, 5) is 0. The van der Waals surface area contributed by atoms with Gasteiger partial charge < -0.3 is 0 Å². The molecule has 2 aliphatic carbocycles. The van der Waals surface area contributed by atoms with E-state index in [0.717, 1.165) is 12.8 Å². The number of hydrogen-bond acceptors (Lipinski definition) is 0. The van der Waals surface area contributed by atoms with Gasteiger partial charge in [-0.1, -0.05) is 25.2 Å². The first-order valence-electron chi connectivity index (χ1n) is 4.02. The van der Waals surface area contributed by atoms with Crippen LogP contribution in [0.15, 0.2) is 41.0 Å². The average molecular weight is 234 g/mol. The van der Waals surface area contributed by atoms with Crippen molar-refractivity contribution in [2.24, 2.45) is 0 Å². The molecule has 0 atom stereocenters. The molecule has 2 rings (SSSR count). The maximum absolute atomic E-state index is 3.30. The third kappa shape index (κ3) is 1.77. The molecule has 0 aromatic heterocycles. The van der Waals surface area contributed by atoms with Gasteiger partial charge in [0, 0.05) is 26.2 Å². The molecule has 0 aromatic carbocycles. The molecule has 2 aliphatic rings. The predicted molar refractivity (Wildman–Crippen MR) is 47.0 cm³/mol. The van der Waals surface area contributed by atoms with Crippen molar-refractivity contribution in [3.05, 3.63) is 47.1 Å². The predicted octanol–water partition coefficient (Wildman–Crippen LogP) is 2.95. The molecule has 0 saturated heterocycles. The molecule has 0 bridgehead atoms. The standard InChI is InChI=1S/C11H11.Zr/c1-9-5-4-8-11(9)10-6-2-3-7-10;/h2-3,6,8H,4,7H2,1H3;/q-1;. The van der Waals surface area contributed by atoms with Crippen LogP contribution in [0, 0.1) is 6.08 Å². The molecule has 0 amide bonds. The first kappa shape index (κ1) is 9.93. The zero-order valence-electron chi connectivity index (χ0n) is 7.22. The van der Waals surface area contributed by atoms with Crippen LogP contribution in [0.5, 0.6) is 0 Å². The Balaban J connectivity index is 0.000000720. The second-order valence-electron chi connectivity index (χ2n) is 2.95. The Morgan fingerprint density at radius 1 is 1.42 bits per heavy atom. The van der Waals surface area contributed by atoms with E-state index in [1.807, 2.05) is 0 Å². The molecule has 0 saturated carbocycles. The van der Waals surface area contributed by atoms with Gasteiger partial charge in [-0.3, -0.25) is 6.08 Å². The number of hydrogen-bond donors (Lipinski definition) is 0. The van der Waals surface area contributed by atoms with E-state index >= 15 is 0 Å². The van der Waals surface area contributed by atoms with Crippen molar-refractivity contribution in [1.29, 1.82) is 0 Å². The van der Waals surface area contributed by atoms with Crippen molar-refractivity contribution < 1.29 is 26.2 Å². The van der Waals surface area contributed by atoms with Gasteiger partial charge in [0.2, 0.25) is 0 Å². The van der Waals surface area contributed by atoms with Gasteiger partial charge in [0.1, 0.15) is 0 Å². The van der Waals surface area contributed by atoms with E-state index in [4.69, 9.17) is 0 Å². The van der Waals surface area contributed by atoms with E-state index in [2.05, 4.69) is 37.3 Å². The van der Waals surface area contributed by atoms with Crippen LogP contribution in [0.25, 0.3) is 0 Å². The van der Waals surface area contributed by atoms with Crippen LogP contribution in [-0.4, -0.2) is 0 Å². The molecular weight excluding hydrogens is 223 g/mol. The Labute approximate surface area is 92.9 Å². The van der Waals surface area contributed by atoms with Crippen molar-refractivity contribution >= 4 is 0 Å². The fraction of sp³-hybridized carbons (Fsp3) is 0.273. The quantitative estimate of drug-likeness (QED) is 0.612. The molecule has 0 aromatic rings. The average Bonchev–Trinajstić information content (AvgIpc) is 2.55. The van der Waals surface area contributed by atoms with Crippen LogP contribution in [-0.2, 0) is 26.2 Å². The monoisotopic (exact) mass is 233 g/mol. The van der Waals surface area contributed by atoms with Crippen LogP contribution < -0.4 is 0 Å². The molecule has 60 valence electrons. The Kier molecular flexibility index (Phi) is 3.46. The summed E-state index contributed by atoms with van der Waals surface area (Å²) in [6.45, 7) is 2.14. The molecule has 12 heavy (non-hydrogen) atoms.